The normalized spacial score (nSPS) is 27.9. The van der Waals surface area contributed by atoms with Crippen molar-refractivity contribution >= 4 is 23.3 Å². The van der Waals surface area contributed by atoms with E-state index in [-0.39, 0.29) is 11.7 Å². The zero-order chi connectivity index (χ0) is 19.9. The molecule has 5 heteroatoms. The van der Waals surface area contributed by atoms with Gasteiger partial charge in [-0.05, 0) is 51.2 Å². The third kappa shape index (κ3) is 5.91. The summed E-state index contributed by atoms with van der Waals surface area (Å²) in [5, 5.41) is 12.8. The summed E-state index contributed by atoms with van der Waals surface area (Å²) in [6.45, 7) is 3.59. The number of carboxylic acids is 1. The van der Waals surface area contributed by atoms with Crippen molar-refractivity contribution in [2.75, 3.05) is 5.32 Å². The third-order valence-electron chi connectivity index (χ3n) is 5.74. The van der Waals surface area contributed by atoms with Crippen molar-refractivity contribution in [2.45, 2.75) is 71.6 Å². The van der Waals surface area contributed by atoms with E-state index in [1.165, 1.54) is 0 Å². The molecule has 0 radical (unpaired) electrons. The molecule has 0 bridgehead atoms. The molecule has 2 atom stereocenters. The summed E-state index contributed by atoms with van der Waals surface area (Å²) >= 11 is 0. The quantitative estimate of drug-likeness (QED) is 0.796. The van der Waals surface area contributed by atoms with Crippen LogP contribution >= 0.6 is 0 Å². The van der Waals surface area contributed by atoms with E-state index in [4.69, 9.17) is 0 Å². The van der Waals surface area contributed by atoms with Crippen LogP contribution in [0.3, 0.4) is 0 Å². The van der Waals surface area contributed by atoms with E-state index in [2.05, 4.69) is 5.32 Å². The first-order chi connectivity index (χ1) is 12.8. The summed E-state index contributed by atoms with van der Waals surface area (Å²) in [7, 11) is 0. The van der Waals surface area contributed by atoms with Gasteiger partial charge in [0.05, 0.1) is 5.41 Å². The van der Waals surface area contributed by atoms with Gasteiger partial charge in [0.1, 0.15) is 5.78 Å². The minimum atomic E-state index is -0.981. The Morgan fingerprint density at radius 3 is 2.04 bits per heavy atom. The van der Waals surface area contributed by atoms with Crippen molar-refractivity contribution in [3.63, 3.8) is 0 Å². The van der Waals surface area contributed by atoms with Crippen LogP contribution in [0.25, 0.3) is 0 Å². The molecule has 2 unspecified atom stereocenters. The van der Waals surface area contributed by atoms with Gasteiger partial charge in [-0.2, -0.15) is 0 Å². The minimum absolute atomic E-state index is 0.149. The summed E-state index contributed by atoms with van der Waals surface area (Å²) in [5.41, 5.74) is -1.07. The Morgan fingerprint density at radius 1 is 0.926 bits per heavy atom. The molecule has 1 amide bonds. The van der Waals surface area contributed by atoms with Crippen LogP contribution in [-0.4, -0.2) is 22.8 Å². The highest BCUT2D eigenvalue weighted by atomic mass is 16.4. The van der Waals surface area contributed by atoms with Gasteiger partial charge in [0.25, 0.3) is 0 Å². The van der Waals surface area contributed by atoms with Gasteiger partial charge in [0.2, 0.25) is 5.91 Å². The Kier molecular flexibility index (Phi) is 7.17. The Hall–Kier alpha value is -2.17. The lowest BCUT2D eigenvalue weighted by Gasteiger charge is -2.36. The molecule has 1 aliphatic rings. The van der Waals surface area contributed by atoms with Crippen molar-refractivity contribution in [3.05, 3.63) is 30.3 Å². The van der Waals surface area contributed by atoms with E-state index >= 15 is 0 Å². The molecule has 0 aromatic heterocycles. The van der Waals surface area contributed by atoms with Crippen molar-refractivity contribution in [2.24, 2.45) is 10.8 Å². The molecule has 0 saturated heterocycles. The number of carboxylic acid groups (broad SMARTS) is 1. The average Bonchev–Trinajstić information content (AvgIpc) is 2.62. The number of ketones is 1. The standard InChI is InChI=1S/C22H31NO4/c1-21(19(25)23-17-10-4-3-5-11-17)14-8-6-12-18(24)13-7-9-15-22(2,16-21)20(26)27/h3-5,10-11H,6-9,12-16H2,1-2H3,(H,23,25)(H,26,27). The fourth-order valence-corrected chi connectivity index (χ4v) is 4.02. The van der Waals surface area contributed by atoms with Crippen LogP contribution in [0.2, 0.25) is 0 Å². The molecule has 27 heavy (non-hydrogen) atoms. The van der Waals surface area contributed by atoms with E-state index in [0.717, 1.165) is 12.8 Å². The second kappa shape index (κ2) is 9.16. The van der Waals surface area contributed by atoms with Crippen LogP contribution in [0.1, 0.15) is 71.6 Å². The topological polar surface area (TPSA) is 83.5 Å². The van der Waals surface area contributed by atoms with Gasteiger partial charge in [0, 0.05) is 23.9 Å². The second-order valence-corrected chi connectivity index (χ2v) is 8.38. The maximum Gasteiger partial charge on any atom is 0.309 e. The lowest BCUT2D eigenvalue weighted by molar-refractivity contribution is -0.151. The second-order valence-electron chi connectivity index (χ2n) is 8.38. The van der Waals surface area contributed by atoms with Gasteiger partial charge >= 0.3 is 5.97 Å². The number of hydrogen-bond acceptors (Lipinski definition) is 3. The number of aliphatic carboxylic acids is 1. The van der Waals surface area contributed by atoms with E-state index in [9.17, 15) is 19.5 Å². The van der Waals surface area contributed by atoms with Crippen LogP contribution in [-0.2, 0) is 14.4 Å². The zero-order valence-corrected chi connectivity index (χ0v) is 16.4. The largest absolute Gasteiger partial charge is 0.481 e. The number of rotatable bonds is 3. The molecule has 5 nitrogen and oxygen atoms in total. The highest BCUT2D eigenvalue weighted by Crippen LogP contribution is 2.42. The molecular formula is C22H31NO4. The number of hydrogen-bond donors (Lipinski definition) is 2. The van der Waals surface area contributed by atoms with Crippen LogP contribution in [0.15, 0.2) is 30.3 Å². The Bertz CT molecular complexity index is 672. The maximum atomic E-state index is 13.1. The molecular weight excluding hydrogens is 342 g/mol. The van der Waals surface area contributed by atoms with Gasteiger partial charge in [-0.3, -0.25) is 14.4 Å². The molecule has 148 valence electrons. The van der Waals surface area contributed by atoms with E-state index in [1.54, 1.807) is 6.92 Å². The monoisotopic (exact) mass is 373 g/mol. The summed E-state index contributed by atoms with van der Waals surface area (Å²) < 4.78 is 0. The van der Waals surface area contributed by atoms with E-state index in [1.807, 2.05) is 37.3 Å². The molecule has 1 saturated carbocycles. The molecule has 1 fully saturated rings. The number of nitrogens with one attached hydrogen (secondary N) is 1. The van der Waals surface area contributed by atoms with Crippen molar-refractivity contribution in [1.82, 2.24) is 0 Å². The molecule has 1 aromatic rings. The summed E-state index contributed by atoms with van der Waals surface area (Å²) in [4.78, 5) is 37.1. The van der Waals surface area contributed by atoms with Crippen molar-refractivity contribution in [1.29, 1.82) is 0 Å². The first kappa shape index (κ1) is 21.1. The molecule has 0 heterocycles. The van der Waals surface area contributed by atoms with Gasteiger partial charge in [-0.25, -0.2) is 0 Å². The van der Waals surface area contributed by atoms with Crippen LogP contribution in [0, 0.1) is 10.8 Å². The van der Waals surface area contributed by atoms with Gasteiger partial charge in [-0.15, -0.1) is 0 Å². The molecule has 1 aromatic carbocycles. The average molecular weight is 373 g/mol. The lowest BCUT2D eigenvalue weighted by atomic mass is 9.67. The number of para-hydroxylation sites is 1. The fraction of sp³-hybridized carbons (Fsp3) is 0.591. The number of benzene rings is 1. The number of carbonyl (C=O) groups excluding carboxylic acids is 2. The van der Waals surface area contributed by atoms with Crippen molar-refractivity contribution < 1.29 is 19.5 Å². The smallest absolute Gasteiger partial charge is 0.309 e. The van der Waals surface area contributed by atoms with Crippen LogP contribution in [0.4, 0.5) is 5.69 Å². The predicted molar refractivity (Wildman–Crippen MR) is 105 cm³/mol. The predicted octanol–water partition coefficient (Wildman–Crippen LogP) is 4.82. The minimum Gasteiger partial charge on any atom is -0.481 e. The molecule has 0 spiro atoms. The fourth-order valence-electron chi connectivity index (χ4n) is 4.02. The Morgan fingerprint density at radius 2 is 1.48 bits per heavy atom. The first-order valence-corrected chi connectivity index (χ1v) is 9.87. The molecule has 0 aliphatic heterocycles. The lowest BCUT2D eigenvalue weighted by Crippen LogP contribution is -2.41. The number of anilines is 1. The Labute approximate surface area is 161 Å². The van der Waals surface area contributed by atoms with Gasteiger partial charge in [0.15, 0.2) is 0 Å². The highest BCUT2D eigenvalue weighted by Gasteiger charge is 2.44. The molecule has 2 rings (SSSR count). The molecule has 1 aliphatic carbocycles. The van der Waals surface area contributed by atoms with Crippen molar-refractivity contribution in [3.8, 4) is 0 Å². The first-order valence-electron chi connectivity index (χ1n) is 9.87. The van der Waals surface area contributed by atoms with E-state index in [0.29, 0.717) is 50.6 Å². The maximum absolute atomic E-state index is 13.1. The zero-order valence-electron chi connectivity index (χ0n) is 16.4. The van der Waals surface area contributed by atoms with E-state index < -0.39 is 16.8 Å². The Balaban J connectivity index is 2.24. The number of amides is 1. The SMILES string of the molecule is CC1(C(=O)O)CCCCC(=O)CCCCC(C)(C(=O)Nc2ccccc2)C1. The van der Waals surface area contributed by atoms with Crippen LogP contribution < -0.4 is 5.32 Å². The van der Waals surface area contributed by atoms with Gasteiger partial charge < -0.3 is 10.4 Å². The molecule has 2 N–H and O–H groups in total. The highest BCUT2D eigenvalue weighted by molar-refractivity contribution is 5.95. The summed E-state index contributed by atoms with van der Waals surface area (Å²) in [6.07, 6.45) is 5.30. The number of Topliss-reactive ketones (excluding diaryl/α,β-unsaturated/α-hetero) is 1. The third-order valence-corrected chi connectivity index (χ3v) is 5.74. The summed E-state index contributed by atoms with van der Waals surface area (Å²) in [6, 6.07) is 9.24. The van der Waals surface area contributed by atoms with Crippen LogP contribution in [0.5, 0.6) is 0 Å². The van der Waals surface area contributed by atoms with Gasteiger partial charge in [-0.1, -0.05) is 38.0 Å². The number of carbonyl (C=O) groups is 3. The summed E-state index contributed by atoms with van der Waals surface area (Å²) in [5.74, 6) is -0.780.